The molecule has 0 unspecified atom stereocenters. The van der Waals surface area contributed by atoms with Gasteiger partial charge in [0.15, 0.2) is 0 Å². The van der Waals surface area contributed by atoms with Crippen molar-refractivity contribution < 1.29 is 19.3 Å². The van der Waals surface area contributed by atoms with Crippen LogP contribution in [0.15, 0.2) is 54.6 Å². The van der Waals surface area contributed by atoms with Gasteiger partial charge in [0.2, 0.25) is 5.88 Å². The third-order valence-electron chi connectivity index (χ3n) is 5.93. The highest BCUT2D eigenvalue weighted by Gasteiger charge is 2.24. The zero-order chi connectivity index (χ0) is 24.5. The van der Waals surface area contributed by atoms with Crippen LogP contribution in [0, 0.1) is 6.92 Å². The summed E-state index contributed by atoms with van der Waals surface area (Å²) in [6.07, 6.45) is 0.389. The van der Waals surface area contributed by atoms with Crippen LogP contribution in [-0.4, -0.2) is 58.8 Å². The van der Waals surface area contributed by atoms with Gasteiger partial charge in [0, 0.05) is 31.8 Å². The lowest BCUT2D eigenvalue weighted by Crippen LogP contribution is -2.40. The number of nitrogens with zero attached hydrogens (tertiary/aromatic N) is 3. The maximum absolute atomic E-state index is 10.6. The molecule has 3 aromatic rings. The SMILES string of the molecule is CCOC[C@H](O)CN(Cc1c(C)nn(-c2ccccc2)c1Oc1cccc(OC)c1)[C@H](C)CC. The highest BCUT2D eigenvalue weighted by molar-refractivity contribution is 5.44. The second-order valence-electron chi connectivity index (χ2n) is 8.40. The van der Waals surface area contributed by atoms with E-state index in [0.29, 0.717) is 37.9 Å². The van der Waals surface area contributed by atoms with Crippen molar-refractivity contribution in [3.8, 4) is 23.1 Å². The van der Waals surface area contributed by atoms with Crippen molar-refractivity contribution in [1.29, 1.82) is 0 Å². The second-order valence-corrected chi connectivity index (χ2v) is 8.40. The molecular formula is C27H37N3O4. The second kappa shape index (κ2) is 12.6. The summed E-state index contributed by atoms with van der Waals surface area (Å²) in [4.78, 5) is 2.27. The number of methoxy groups -OCH3 is 1. The van der Waals surface area contributed by atoms with Gasteiger partial charge in [-0.2, -0.15) is 5.10 Å². The van der Waals surface area contributed by atoms with E-state index in [1.807, 2.05) is 73.1 Å². The van der Waals surface area contributed by atoms with Gasteiger partial charge in [-0.05, 0) is 51.5 Å². The molecule has 0 radical (unpaired) electrons. The largest absolute Gasteiger partial charge is 0.497 e. The van der Waals surface area contributed by atoms with E-state index in [2.05, 4.69) is 18.7 Å². The normalized spacial score (nSPS) is 13.1. The summed E-state index contributed by atoms with van der Waals surface area (Å²) in [5.74, 6) is 2.05. The van der Waals surface area contributed by atoms with E-state index < -0.39 is 6.10 Å². The lowest BCUT2D eigenvalue weighted by molar-refractivity contribution is 0.0111. The first-order valence-electron chi connectivity index (χ1n) is 11.9. The van der Waals surface area contributed by atoms with Crippen LogP contribution in [0.1, 0.15) is 38.4 Å². The fourth-order valence-electron chi connectivity index (χ4n) is 3.78. The maximum Gasteiger partial charge on any atom is 0.227 e. The Balaban J connectivity index is 1.99. The molecule has 0 aliphatic rings. The number of aromatic nitrogens is 2. The molecule has 0 spiro atoms. The quantitative estimate of drug-likeness (QED) is 0.382. The van der Waals surface area contributed by atoms with Crippen LogP contribution >= 0.6 is 0 Å². The van der Waals surface area contributed by atoms with E-state index in [1.165, 1.54) is 0 Å². The molecule has 2 aromatic carbocycles. The molecule has 0 aliphatic heterocycles. The number of ether oxygens (including phenoxy) is 3. The maximum atomic E-state index is 10.6. The van der Waals surface area contributed by atoms with Gasteiger partial charge in [-0.3, -0.25) is 4.90 Å². The minimum Gasteiger partial charge on any atom is -0.497 e. The number of hydrogen-bond acceptors (Lipinski definition) is 6. The molecule has 2 atom stereocenters. The molecule has 0 bridgehead atoms. The smallest absolute Gasteiger partial charge is 0.227 e. The number of benzene rings is 2. The van der Waals surface area contributed by atoms with Crippen LogP contribution in [-0.2, 0) is 11.3 Å². The molecule has 7 heteroatoms. The average molecular weight is 468 g/mol. The van der Waals surface area contributed by atoms with Gasteiger partial charge in [0.25, 0.3) is 0 Å². The highest BCUT2D eigenvalue weighted by Crippen LogP contribution is 2.33. The summed E-state index contributed by atoms with van der Waals surface area (Å²) in [5, 5.41) is 15.4. The molecule has 0 saturated carbocycles. The molecule has 1 heterocycles. The number of para-hydroxylation sites is 1. The molecule has 34 heavy (non-hydrogen) atoms. The number of aliphatic hydroxyl groups excluding tert-OH is 1. The fraction of sp³-hybridized carbons (Fsp3) is 0.444. The lowest BCUT2D eigenvalue weighted by atomic mass is 10.1. The van der Waals surface area contributed by atoms with E-state index in [-0.39, 0.29) is 6.04 Å². The van der Waals surface area contributed by atoms with Crippen molar-refractivity contribution in [3.05, 3.63) is 65.9 Å². The van der Waals surface area contributed by atoms with Crippen LogP contribution < -0.4 is 9.47 Å². The van der Waals surface area contributed by atoms with Crippen molar-refractivity contribution in [1.82, 2.24) is 14.7 Å². The van der Waals surface area contributed by atoms with Gasteiger partial charge in [-0.25, -0.2) is 4.68 Å². The Kier molecular flexibility index (Phi) is 9.51. The third-order valence-corrected chi connectivity index (χ3v) is 5.93. The van der Waals surface area contributed by atoms with Crippen LogP contribution in [0.4, 0.5) is 0 Å². The van der Waals surface area contributed by atoms with E-state index in [0.717, 1.165) is 29.1 Å². The summed E-state index contributed by atoms with van der Waals surface area (Å²) < 4.78 is 19.1. The highest BCUT2D eigenvalue weighted by atomic mass is 16.5. The fourth-order valence-corrected chi connectivity index (χ4v) is 3.78. The standard InChI is InChI=1S/C27H37N3O4/c1-6-20(3)29(17-23(31)19-33-7-2)18-26-21(4)28-30(22-12-9-8-10-13-22)27(26)34-25-15-11-14-24(16-25)32-5/h8-16,20,23,31H,6-7,17-19H2,1-5H3/t20-,23-/m1/s1. The van der Waals surface area contributed by atoms with Crippen molar-refractivity contribution >= 4 is 0 Å². The first-order valence-corrected chi connectivity index (χ1v) is 11.9. The third kappa shape index (κ3) is 6.59. The molecule has 0 fully saturated rings. The zero-order valence-corrected chi connectivity index (χ0v) is 20.9. The zero-order valence-electron chi connectivity index (χ0n) is 20.9. The predicted octanol–water partition coefficient (Wildman–Crippen LogP) is 4.98. The number of rotatable bonds is 13. The monoisotopic (exact) mass is 467 g/mol. The van der Waals surface area contributed by atoms with Crippen molar-refractivity contribution in [2.45, 2.75) is 52.8 Å². The Bertz CT molecular complexity index is 1020. The van der Waals surface area contributed by atoms with Crippen molar-refractivity contribution in [2.75, 3.05) is 26.9 Å². The molecule has 0 saturated heterocycles. The van der Waals surface area contributed by atoms with Gasteiger partial charge in [0.05, 0.1) is 36.8 Å². The molecule has 7 nitrogen and oxygen atoms in total. The van der Waals surface area contributed by atoms with Crippen LogP contribution in [0.25, 0.3) is 5.69 Å². The molecule has 3 rings (SSSR count). The summed E-state index contributed by atoms with van der Waals surface area (Å²) in [6, 6.07) is 17.8. The number of hydrogen-bond donors (Lipinski definition) is 1. The lowest BCUT2D eigenvalue weighted by Gasteiger charge is -2.30. The summed E-state index contributed by atoms with van der Waals surface area (Å²) in [5.41, 5.74) is 2.78. The molecule has 184 valence electrons. The van der Waals surface area contributed by atoms with E-state index >= 15 is 0 Å². The van der Waals surface area contributed by atoms with Gasteiger partial charge in [-0.1, -0.05) is 31.2 Å². The topological polar surface area (TPSA) is 69.0 Å². The Labute approximate surface area is 202 Å². The van der Waals surface area contributed by atoms with Crippen LogP contribution in [0.5, 0.6) is 17.4 Å². The Morgan fingerprint density at radius 2 is 1.79 bits per heavy atom. The van der Waals surface area contributed by atoms with Gasteiger partial charge < -0.3 is 19.3 Å². The number of aliphatic hydroxyl groups is 1. The molecule has 1 N–H and O–H groups in total. The minimum atomic E-state index is -0.568. The van der Waals surface area contributed by atoms with Crippen LogP contribution in [0.2, 0.25) is 0 Å². The van der Waals surface area contributed by atoms with Crippen molar-refractivity contribution in [3.63, 3.8) is 0 Å². The number of aryl methyl sites for hydroxylation is 1. The predicted molar refractivity (Wildman–Crippen MR) is 134 cm³/mol. The molecule has 0 amide bonds. The minimum absolute atomic E-state index is 0.264. The van der Waals surface area contributed by atoms with E-state index in [1.54, 1.807) is 7.11 Å². The van der Waals surface area contributed by atoms with Crippen LogP contribution in [0.3, 0.4) is 0 Å². The summed E-state index contributed by atoms with van der Waals surface area (Å²) in [7, 11) is 1.64. The molecule has 0 aliphatic carbocycles. The average Bonchev–Trinajstić information content (AvgIpc) is 3.17. The molecular weight excluding hydrogens is 430 g/mol. The first-order chi connectivity index (χ1) is 16.5. The molecule has 1 aromatic heterocycles. The summed E-state index contributed by atoms with van der Waals surface area (Å²) in [6.45, 7) is 10.3. The van der Waals surface area contributed by atoms with Gasteiger partial charge in [0.1, 0.15) is 11.5 Å². The van der Waals surface area contributed by atoms with Crippen molar-refractivity contribution in [2.24, 2.45) is 0 Å². The van der Waals surface area contributed by atoms with Gasteiger partial charge in [-0.15, -0.1) is 0 Å². The Morgan fingerprint density at radius 1 is 1.06 bits per heavy atom. The Hall–Kier alpha value is -2.87. The summed E-state index contributed by atoms with van der Waals surface area (Å²) >= 11 is 0. The van der Waals surface area contributed by atoms with Gasteiger partial charge >= 0.3 is 0 Å². The Morgan fingerprint density at radius 3 is 2.47 bits per heavy atom. The van der Waals surface area contributed by atoms with E-state index in [9.17, 15) is 5.11 Å². The first kappa shape index (κ1) is 25.7. The van der Waals surface area contributed by atoms with E-state index in [4.69, 9.17) is 19.3 Å².